The molecule has 138 valence electrons. The smallest absolute Gasteiger partial charge is 0.319 e. The van der Waals surface area contributed by atoms with Crippen LogP contribution in [0, 0.1) is 23.7 Å². The second-order valence-corrected chi connectivity index (χ2v) is 7.50. The number of likely N-dealkylation sites (tertiary alicyclic amines) is 1. The molecule has 2 fully saturated rings. The number of hydrogen-bond donors (Lipinski definition) is 1. The van der Waals surface area contributed by atoms with Gasteiger partial charge in [0.05, 0.1) is 11.8 Å². The third-order valence-electron chi connectivity index (χ3n) is 5.79. The zero-order chi connectivity index (χ0) is 18.1. The fourth-order valence-electron chi connectivity index (χ4n) is 4.67. The van der Waals surface area contributed by atoms with Crippen LogP contribution in [0.2, 0.25) is 0 Å². The molecule has 0 unspecified atom stereocenters. The Balaban J connectivity index is 1.70. The molecule has 2 bridgehead atoms. The summed E-state index contributed by atoms with van der Waals surface area (Å²) in [5.41, 5.74) is 0. The van der Waals surface area contributed by atoms with Crippen molar-refractivity contribution in [1.29, 1.82) is 0 Å². The first-order valence-corrected chi connectivity index (χ1v) is 9.60. The van der Waals surface area contributed by atoms with E-state index in [1.165, 1.54) is 4.90 Å². The molecule has 1 aliphatic heterocycles. The van der Waals surface area contributed by atoms with Crippen LogP contribution in [0.25, 0.3) is 0 Å². The maximum Gasteiger partial charge on any atom is 0.319 e. The highest BCUT2D eigenvalue weighted by Crippen LogP contribution is 2.49. The number of rotatable bonds is 6. The molecular formula is C19H29N3O3. The number of allylic oxidation sites excluding steroid dienone is 2. The van der Waals surface area contributed by atoms with Gasteiger partial charge >= 0.3 is 6.03 Å². The summed E-state index contributed by atoms with van der Waals surface area (Å²) in [4.78, 5) is 41.4. The van der Waals surface area contributed by atoms with E-state index in [0.29, 0.717) is 13.1 Å². The van der Waals surface area contributed by atoms with Crippen molar-refractivity contribution < 1.29 is 14.4 Å². The highest BCUT2D eigenvalue weighted by Gasteiger charge is 2.57. The van der Waals surface area contributed by atoms with E-state index in [4.69, 9.17) is 0 Å². The molecule has 0 aromatic carbocycles. The fourth-order valence-corrected chi connectivity index (χ4v) is 4.67. The molecule has 0 aromatic heterocycles. The molecule has 3 aliphatic carbocycles. The van der Waals surface area contributed by atoms with Crippen LogP contribution in [0.3, 0.4) is 0 Å². The van der Waals surface area contributed by atoms with E-state index in [0.717, 1.165) is 25.7 Å². The lowest BCUT2D eigenvalue weighted by Gasteiger charge is -2.38. The first kappa shape index (κ1) is 18.0. The van der Waals surface area contributed by atoms with Crippen LogP contribution in [0.5, 0.6) is 0 Å². The maximum atomic E-state index is 12.9. The number of urea groups is 1. The number of imide groups is 1. The lowest BCUT2D eigenvalue weighted by Crippen LogP contribution is -2.53. The van der Waals surface area contributed by atoms with Gasteiger partial charge in [0.25, 0.3) is 0 Å². The number of nitrogens with one attached hydrogen (secondary N) is 1. The number of fused-ring (bicyclic) bond motifs is 1. The molecule has 1 heterocycles. The molecule has 0 aromatic rings. The first-order chi connectivity index (χ1) is 12.0. The Hall–Kier alpha value is -1.85. The average Bonchev–Trinajstić information content (AvgIpc) is 2.89. The molecular weight excluding hydrogens is 318 g/mol. The number of hydrogen-bond acceptors (Lipinski definition) is 3. The van der Waals surface area contributed by atoms with Gasteiger partial charge in [-0.2, -0.15) is 0 Å². The Kier molecular flexibility index (Phi) is 5.16. The summed E-state index contributed by atoms with van der Waals surface area (Å²) in [6.45, 7) is 7.14. The zero-order valence-corrected chi connectivity index (χ0v) is 15.4. The predicted molar refractivity (Wildman–Crippen MR) is 94.3 cm³/mol. The van der Waals surface area contributed by atoms with Gasteiger partial charge in [-0.15, -0.1) is 0 Å². The highest BCUT2D eigenvalue weighted by molar-refractivity contribution is 6.06. The largest absolute Gasteiger partial charge is 0.325 e. The molecule has 25 heavy (non-hydrogen) atoms. The molecule has 4 amide bonds. The molecule has 1 saturated heterocycles. The van der Waals surface area contributed by atoms with Gasteiger partial charge in [0.2, 0.25) is 11.8 Å². The molecule has 4 aliphatic rings. The highest BCUT2D eigenvalue weighted by atomic mass is 16.2. The van der Waals surface area contributed by atoms with E-state index in [1.807, 2.05) is 13.8 Å². The van der Waals surface area contributed by atoms with Crippen molar-refractivity contribution in [1.82, 2.24) is 15.1 Å². The van der Waals surface area contributed by atoms with E-state index >= 15 is 0 Å². The van der Waals surface area contributed by atoms with Crippen molar-refractivity contribution in [2.75, 3.05) is 13.1 Å². The first-order valence-electron chi connectivity index (χ1n) is 9.60. The van der Waals surface area contributed by atoms with Gasteiger partial charge < -0.3 is 10.2 Å². The molecule has 0 radical (unpaired) electrons. The van der Waals surface area contributed by atoms with Crippen LogP contribution in [0.4, 0.5) is 4.79 Å². The summed E-state index contributed by atoms with van der Waals surface area (Å²) in [6, 6.07) is -0.201. The van der Waals surface area contributed by atoms with E-state index in [1.54, 1.807) is 11.8 Å². The molecule has 6 nitrogen and oxygen atoms in total. The number of nitrogens with zero attached hydrogens (tertiary/aromatic N) is 2. The van der Waals surface area contributed by atoms with Crippen molar-refractivity contribution in [3.8, 4) is 0 Å². The number of amides is 4. The van der Waals surface area contributed by atoms with Crippen LogP contribution < -0.4 is 5.32 Å². The third kappa shape index (κ3) is 3.07. The van der Waals surface area contributed by atoms with Crippen molar-refractivity contribution in [3.05, 3.63) is 12.2 Å². The van der Waals surface area contributed by atoms with Crippen LogP contribution in [-0.2, 0) is 9.59 Å². The fraction of sp³-hybridized carbons (Fsp3) is 0.737. The van der Waals surface area contributed by atoms with Gasteiger partial charge in [0.15, 0.2) is 0 Å². The van der Waals surface area contributed by atoms with Gasteiger partial charge in [-0.05, 0) is 44.4 Å². The molecule has 5 atom stereocenters. The molecule has 1 saturated carbocycles. The Morgan fingerprint density at radius 1 is 1.12 bits per heavy atom. The molecule has 4 rings (SSSR count). The lowest BCUT2D eigenvalue weighted by atomic mass is 9.63. The zero-order valence-electron chi connectivity index (χ0n) is 15.4. The summed E-state index contributed by atoms with van der Waals surface area (Å²) in [5, 5.41) is 2.86. The number of carbonyl (C=O) groups excluding carboxylic acids is 3. The predicted octanol–water partition coefficient (Wildman–Crippen LogP) is 2.36. The summed E-state index contributed by atoms with van der Waals surface area (Å²) in [5.74, 6) is -0.318. The summed E-state index contributed by atoms with van der Waals surface area (Å²) < 4.78 is 0. The Labute approximate surface area is 149 Å². The second kappa shape index (κ2) is 7.18. The summed E-state index contributed by atoms with van der Waals surface area (Å²) >= 11 is 0. The average molecular weight is 347 g/mol. The van der Waals surface area contributed by atoms with Crippen molar-refractivity contribution in [2.45, 2.75) is 52.6 Å². The van der Waals surface area contributed by atoms with E-state index in [2.05, 4.69) is 17.5 Å². The van der Waals surface area contributed by atoms with E-state index in [-0.39, 0.29) is 41.5 Å². The topological polar surface area (TPSA) is 69.7 Å². The van der Waals surface area contributed by atoms with Crippen LogP contribution in [0.15, 0.2) is 12.2 Å². The minimum absolute atomic E-state index is 0.112. The Morgan fingerprint density at radius 2 is 1.60 bits per heavy atom. The molecule has 0 spiro atoms. The Morgan fingerprint density at radius 3 is 2.00 bits per heavy atom. The minimum atomic E-state index is -0.603. The van der Waals surface area contributed by atoms with Crippen LogP contribution in [0.1, 0.15) is 46.5 Å². The standard InChI is InChI=1S/C19H29N3O3/c1-4-10-21(11-5-2)19(25)20-12(3)22-17(23)15-13-6-7-14(9-8-13)16(15)18(22)24/h6-7,12-16H,4-5,8-11H2,1-3H3,(H,20,25)/t12-,13-,14-,15-,16-/m0/s1. The second-order valence-electron chi connectivity index (χ2n) is 7.50. The summed E-state index contributed by atoms with van der Waals surface area (Å²) in [7, 11) is 0. The number of carbonyl (C=O) groups is 3. The normalized spacial score (nSPS) is 31.2. The van der Waals surface area contributed by atoms with Gasteiger partial charge in [-0.25, -0.2) is 4.79 Å². The van der Waals surface area contributed by atoms with Gasteiger partial charge in [0.1, 0.15) is 6.17 Å². The maximum absolute atomic E-state index is 12.9. The van der Waals surface area contributed by atoms with Crippen molar-refractivity contribution in [3.63, 3.8) is 0 Å². The van der Waals surface area contributed by atoms with E-state index < -0.39 is 6.17 Å². The van der Waals surface area contributed by atoms with Crippen LogP contribution >= 0.6 is 0 Å². The monoisotopic (exact) mass is 347 g/mol. The van der Waals surface area contributed by atoms with Crippen molar-refractivity contribution >= 4 is 17.8 Å². The van der Waals surface area contributed by atoms with Gasteiger partial charge in [-0.1, -0.05) is 26.0 Å². The van der Waals surface area contributed by atoms with Gasteiger partial charge in [0, 0.05) is 13.1 Å². The summed E-state index contributed by atoms with van der Waals surface area (Å²) in [6.07, 6.45) is 7.33. The molecule has 6 heteroatoms. The SMILES string of the molecule is CCCN(CCC)C(=O)N[C@H](C)N1C(=O)[C@@H]2[C@@H](C1=O)[C@H]1C=C[C@H]2CC1. The Bertz CT molecular complexity index is 550. The minimum Gasteiger partial charge on any atom is -0.325 e. The third-order valence-corrected chi connectivity index (χ3v) is 5.79. The van der Waals surface area contributed by atoms with E-state index in [9.17, 15) is 14.4 Å². The molecule has 1 N–H and O–H groups in total. The van der Waals surface area contributed by atoms with Crippen LogP contribution in [-0.4, -0.2) is 46.9 Å². The van der Waals surface area contributed by atoms with Crippen molar-refractivity contribution in [2.24, 2.45) is 23.7 Å². The quantitative estimate of drug-likeness (QED) is 0.592. The lowest BCUT2D eigenvalue weighted by molar-refractivity contribution is -0.142. The van der Waals surface area contributed by atoms with Gasteiger partial charge in [-0.3, -0.25) is 14.5 Å².